The third-order valence-corrected chi connectivity index (χ3v) is 5.23. The number of alkyl halides is 2. The van der Waals surface area contributed by atoms with Gasteiger partial charge in [-0.05, 0) is 51.4 Å². The Bertz CT molecular complexity index is 335. The minimum absolute atomic E-state index is 0.0643. The maximum Gasteiger partial charge on any atom is 0.249 e. The van der Waals surface area contributed by atoms with E-state index in [0.29, 0.717) is 5.92 Å². The molecule has 2 aliphatic rings. The van der Waals surface area contributed by atoms with E-state index in [0.717, 1.165) is 19.3 Å². The summed E-state index contributed by atoms with van der Waals surface area (Å²) in [5.41, 5.74) is -0.0643. The molecule has 5 heteroatoms. The highest BCUT2D eigenvalue weighted by Crippen LogP contribution is 2.64. The fraction of sp³-hybridized carbons (Fsp3) is 0.923. The van der Waals surface area contributed by atoms with Crippen molar-refractivity contribution in [2.75, 3.05) is 0 Å². The van der Waals surface area contributed by atoms with E-state index in [1.807, 2.05) is 20.8 Å². The summed E-state index contributed by atoms with van der Waals surface area (Å²) in [4.78, 5) is 0. The Hall–Kier alpha value is -0.160. The van der Waals surface area contributed by atoms with Gasteiger partial charge in [0.05, 0.1) is 6.21 Å². The van der Waals surface area contributed by atoms with E-state index in [4.69, 9.17) is 0 Å². The van der Waals surface area contributed by atoms with Crippen molar-refractivity contribution in [2.24, 2.45) is 15.7 Å². The fourth-order valence-electron chi connectivity index (χ4n) is 3.08. The largest absolute Gasteiger partial charge is 0.591 e. The van der Waals surface area contributed by atoms with Crippen LogP contribution in [0.15, 0.2) is 4.40 Å². The Morgan fingerprint density at radius 2 is 1.89 bits per heavy atom. The molecule has 2 rings (SSSR count). The molecule has 2 fully saturated rings. The van der Waals surface area contributed by atoms with Crippen LogP contribution in [0.25, 0.3) is 0 Å². The number of halogens is 2. The molecule has 0 aromatic heterocycles. The average Bonchev–Trinajstić information content (AvgIpc) is 2.09. The van der Waals surface area contributed by atoms with Gasteiger partial charge < -0.3 is 4.55 Å². The molecule has 0 amide bonds. The summed E-state index contributed by atoms with van der Waals surface area (Å²) in [5, 5.41) is 0. The lowest BCUT2D eigenvalue weighted by Gasteiger charge is -2.57. The minimum atomic E-state index is -2.41. The van der Waals surface area contributed by atoms with E-state index in [-0.39, 0.29) is 23.0 Å². The molecule has 1 spiro atoms. The summed E-state index contributed by atoms with van der Waals surface area (Å²) in [6, 6.07) is 0. The van der Waals surface area contributed by atoms with Gasteiger partial charge in [-0.3, -0.25) is 0 Å². The molecule has 0 aromatic carbocycles. The van der Waals surface area contributed by atoms with Gasteiger partial charge in [0.25, 0.3) is 0 Å². The third-order valence-electron chi connectivity index (χ3n) is 3.84. The predicted molar refractivity (Wildman–Crippen MR) is 70.3 cm³/mol. The molecule has 104 valence electrons. The van der Waals surface area contributed by atoms with Crippen molar-refractivity contribution < 1.29 is 13.3 Å². The summed E-state index contributed by atoms with van der Waals surface area (Å²) >= 11 is -1.20. The van der Waals surface area contributed by atoms with Crippen LogP contribution in [0.4, 0.5) is 8.78 Å². The van der Waals surface area contributed by atoms with E-state index in [1.54, 1.807) is 6.21 Å². The lowest BCUT2D eigenvalue weighted by Crippen LogP contribution is -2.53. The molecule has 2 nitrogen and oxygen atoms in total. The summed E-state index contributed by atoms with van der Waals surface area (Å²) in [6.07, 6.45) is 4.40. The Morgan fingerprint density at radius 3 is 2.33 bits per heavy atom. The van der Waals surface area contributed by atoms with Crippen LogP contribution in [0.5, 0.6) is 0 Å². The van der Waals surface area contributed by atoms with E-state index >= 15 is 0 Å². The quantitative estimate of drug-likeness (QED) is 0.572. The molecular weight excluding hydrogens is 256 g/mol. The van der Waals surface area contributed by atoms with E-state index in [1.165, 1.54) is 0 Å². The lowest BCUT2D eigenvalue weighted by atomic mass is 9.50. The van der Waals surface area contributed by atoms with Crippen molar-refractivity contribution in [3.8, 4) is 0 Å². The zero-order valence-corrected chi connectivity index (χ0v) is 12.0. The lowest BCUT2D eigenvalue weighted by molar-refractivity contribution is -0.205. The zero-order chi connectivity index (χ0) is 13.6. The van der Waals surface area contributed by atoms with Crippen LogP contribution >= 0.6 is 0 Å². The minimum Gasteiger partial charge on any atom is -0.591 e. The highest BCUT2D eigenvalue weighted by molar-refractivity contribution is 7.91. The van der Waals surface area contributed by atoms with Crippen LogP contribution in [0.1, 0.15) is 52.9 Å². The molecule has 0 N–H and O–H groups in total. The van der Waals surface area contributed by atoms with Gasteiger partial charge in [0.2, 0.25) is 5.92 Å². The van der Waals surface area contributed by atoms with Crippen LogP contribution in [0.2, 0.25) is 0 Å². The van der Waals surface area contributed by atoms with Gasteiger partial charge in [0, 0.05) is 12.8 Å². The Morgan fingerprint density at radius 1 is 1.33 bits per heavy atom. The van der Waals surface area contributed by atoms with Crippen LogP contribution in [-0.4, -0.2) is 21.4 Å². The van der Waals surface area contributed by atoms with Crippen molar-refractivity contribution in [1.29, 1.82) is 0 Å². The van der Waals surface area contributed by atoms with E-state index in [2.05, 4.69) is 4.40 Å². The molecule has 0 saturated heterocycles. The normalized spacial score (nSPS) is 28.1. The van der Waals surface area contributed by atoms with Gasteiger partial charge in [-0.25, -0.2) is 8.78 Å². The first kappa shape index (κ1) is 14.3. The first-order valence-electron chi connectivity index (χ1n) is 6.44. The molecular formula is C13H21F2NOS. The number of nitrogens with zero attached hydrogens (tertiary/aromatic N) is 1. The predicted octanol–water partition coefficient (Wildman–Crippen LogP) is 3.74. The van der Waals surface area contributed by atoms with Gasteiger partial charge in [-0.1, -0.05) is 4.40 Å². The fourth-order valence-corrected chi connectivity index (χ4v) is 3.62. The monoisotopic (exact) mass is 277 g/mol. The van der Waals surface area contributed by atoms with Crippen molar-refractivity contribution in [3.05, 3.63) is 0 Å². The van der Waals surface area contributed by atoms with Gasteiger partial charge in [-0.15, -0.1) is 0 Å². The molecule has 0 radical (unpaired) electrons. The number of rotatable bonds is 3. The van der Waals surface area contributed by atoms with Crippen LogP contribution in [-0.2, 0) is 11.4 Å². The second kappa shape index (κ2) is 4.44. The second-order valence-corrected chi connectivity index (χ2v) is 8.80. The first-order chi connectivity index (χ1) is 8.12. The average molecular weight is 277 g/mol. The van der Waals surface area contributed by atoms with Crippen LogP contribution in [0.3, 0.4) is 0 Å². The molecule has 2 saturated carbocycles. The molecule has 1 atom stereocenters. The van der Waals surface area contributed by atoms with Gasteiger partial charge in [0.1, 0.15) is 16.1 Å². The molecule has 2 aliphatic carbocycles. The molecule has 0 aromatic rings. The van der Waals surface area contributed by atoms with Crippen LogP contribution < -0.4 is 0 Å². The molecule has 0 bridgehead atoms. The molecule has 0 heterocycles. The summed E-state index contributed by atoms with van der Waals surface area (Å²) in [5.74, 6) is -1.95. The Labute approximate surface area is 111 Å². The maximum absolute atomic E-state index is 12.8. The SMILES string of the molecule is CC(C)(C)[S+]([O-])N=CCC1CC2(C1)CC(F)(F)C2. The standard InChI is InChI=1S/C13H21F2NOS/c1-11(2,3)18(17)16-5-4-10-6-12(7-10)8-13(14,15)9-12/h5,10H,4,6-9H2,1-3H3. The zero-order valence-electron chi connectivity index (χ0n) is 11.2. The van der Waals surface area contributed by atoms with Crippen molar-refractivity contribution in [2.45, 2.75) is 63.5 Å². The van der Waals surface area contributed by atoms with Crippen molar-refractivity contribution in [3.63, 3.8) is 0 Å². The van der Waals surface area contributed by atoms with Gasteiger partial charge >= 0.3 is 0 Å². The third kappa shape index (κ3) is 3.05. The van der Waals surface area contributed by atoms with Crippen LogP contribution in [0, 0.1) is 11.3 Å². The van der Waals surface area contributed by atoms with Gasteiger partial charge in [0.15, 0.2) is 0 Å². The Kier molecular flexibility index (Phi) is 3.52. The molecule has 0 aliphatic heterocycles. The van der Waals surface area contributed by atoms with E-state index in [9.17, 15) is 13.3 Å². The number of hydrogen-bond acceptors (Lipinski definition) is 2. The molecule has 18 heavy (non-hydrogen) atoms. The van der Waals surface area contributed by atoms with E-state index < -0.39 is 17.3 Å². The number of hydrogen-bond donors (Lipinski definition) is 0. The summed E-state index contributed by atoms with van der Waals surface area (Å²) in [6.45, 7) is 5.65. The first-order valence-corrected chi connectivity index (χ1v) is 7.55. The smallest absolute Gasteiger partial charge is 0.249 e. The second-order valence-electron chi connectivity index (χ2n) is 6.87. The highest BCUT2D eigenvalue weighted by Gasteiger charge is 2.61. The Balaban J connectivity index is 1.68. The van der Waals surface area contributed by atoms with Crippen molar-refractivity contribution >= 4 is 17.6 Å². The molecule has 1 unspecified atom stereocenters. The maximum atomic E-state index is 12.8. The summed E-state index contributed by atoms with van der Waals surface area (Å²) in [7, 11) is 0. The topological polar surface area (TPSA) is 35.4 Å². The summed E-state index contributed by atoms with van der Waals surface area (Å²) < 4.78 is 41.0. The van der Waals surface area contributed by atoms with Crippen molar-refractivity contribution in [1.82, 2.24) is 0 Å². The highest BCUT2D eigenvalue weighted by atomic mass is 32.2. The van der Waals surface area contributed by atoms with Gasteiger partial charge in [-0.2, -0.15) is 0 Å².